The van der Waals surface area contributed by atoms with E-state index in [1.807, 2.05) is 0 Å². The Hall–Kier alpha value is -5.16. The normalized spacial score (nSPS) is 9.75. The molecule has 0 aromatic heterocycles. The van der Waals surface area contributed by atoms with Crippen LogP contribution >= 0.6 is 0 Å². The number of hydrogen-bond acceptors (Lipinski definition) is 4. The maximum absolute atomic E-state index is 8.63. The molecule has 0 spiro atoms. The minimum absolute atomic E-state index is 0.00187. The molecule has 0 atom stereocenters. The van der Waals surface area contributed by atoms with E-state index in [0.717, 1.165) is 0 Å². The Morgan fingerprint density at radius 3 is 0.938 bits per heavy atom. The maximum atomic E-state index is 8.63. The maximum Gasteiger partial charge on any atom is 0.136 e. The van der Waals surface area contributed by atoms with Crippen molar-refractivity contribution in [1.82, 2.24) is 0 Å². The van der Waals surface area contributed by atoms with Gasteiger partial charge >= 0.3 is 0 Å². The number of hydrogen-bond donors (Lipinski definition) is 0. The van der Waals surface area contributed by atoms with Gasteiger partial charge in [-0.3, -0.25) is 0 Å². The number of benzene rings is 5. The minimum atomic E-state index is 0.00187. The van der Waals surface area contributed by atoms with Crippen molar-refractivity contribution in [2.24, 2.45) is 0 Å². The Bertz CT molecular complexity index is 1520. The third-order valence-electron chi connectivity index (χ3n) is 5.30. The standard InChI is InChI=1S/C16H10.C12H4N4/c1-3-11-7-9-13-5-2-6-14-10-8-12(4-1)15(11)16(13)14;13-5-11(6-14)9-1-2-10(4-3-9)12(7-15)8-16/h1-10H;1-4H. The molecular formula is C28H14N4. The summed E-state index contributed by atoms with van der Waals surface area (Å²) in [5.74, 6) is 0. The van der Waals surface area contributed by atoms with Gasteiger partial charge in [-0.2, -0.15) is 21.0 Å². The molecule has 146 valence electrons. The van der Waals surface area contributed by atoms with Gasteiger partial charge in [0.15, 0.2) is 0 Å². The van der Waals surface area contributed by atoms with E-state index in [1.54, 1.807) is 24.3 Å². The van der Waals surface area contributed by atoms with Crippen LogP contribution in [-0.4, -0.2) is 0 Å². The van der Waals surface area contributed by atoms with Crippen LogP contribution in [0.5, 0.6) is 0 Å². The number of nitrogens with zero attached hydrogens (tertiary/aromatic N) is 4. The summed E-state index contributed by atoms with van der Waals surface area (Å²) in [5.41, 5.74) is 0.00373. The van der Waals surface area contributed by atoms with E-state index in [0.29, 0.717) is 10.4 Å². The lowest BCUT2D eigenvalue weighted by Crippen LogP contribution is -2.11. The van der Waals surface area contributed by atoms with Crippen molar-refractivity contribution in [3.05, 3.63) is 95.4 Å². The summed E-state index contributed by atoms with van der Waals surface area (Å²) in [7, 11) is 0. The highest BCUT2D eigenvalue weighted by molar-refractivity contribution is 6.22. The van der Waals surface area contributed by atoms with Gasteiger partial charge in [-0.1, -0.05) is 84.9 Å². The molecule has 5 rings (SSSR count). The van der Waals surface area contributed by atoms with E-state index in [4.69, 9.17) is 21.0 Å². The average Bonchev–Trinajstić information content (AvgIpc) is 2.85. The SMILES string of the molecule is N#CC(C#N)=c1ccc(=C(C#N)C#N)cc1.c1cc2ccc3cccc4ccc(c1)c2c34. The summed E-state index contributed by atoms with van der Waals surface area (Å²) in [4.78, 5) is 0. The molecule has 32 heavy (non-hydrogen) atoms. The fraction of sp³-hybridized carbons (Fsp3) is 0. The van der Waals surface area contributed by atoms with E-state index >= 15 is 0 Å². The first-order valence-electron chi connectivity index (χ1n) is 9.78. The van der Waals surface area contributed by atoms with Crippen LogP contribution in [0.25, 0.3) is 43.5 Å². The van der Waals surface area contributed by atoms with Crippen molar-refractivity contribution >= 4 is 43.5 Å². The molecule has 0 fully saturated rings. The van der Waals surface area contributed by atoms with Crippen LogP contribution in [0.1, 0.15) is 0 Å². The van der Waals surface area contributed by atoms with Gasteiger partial charge in [-0.05, 0) is 32.3 Å². The zero-order valence-electron chi connectivity index (χ0n) is 16.9. The predicted octanol–water partition coefficient (Wildman–Crippen LogP) is 4.67. The first-order valence-corrected chi connectivity index (χ1v) is 9.78. The zero-order chi connectivity index (χ0) is 22.5. The number of rotatable bonds is 0. The van der Waals surface area contributed by atoms with E-state index < -0.39 is 0 Å². The summed E-state index contributed by atoms with van der Waals surface area (Å²) in [5, 5.41) is 43.6. The Labute approximate surface area is 184 Å². The molecule has 0 saturated heterocycles. The lowest BCUT2D eigenvalue weighted by atomic mass is 9.95. The molecule has 5 aromatic rings. The fourth-order valence-corrected chi connectivity index (χ4v) is 3.78. The summed E-state index contributed by atoms with van der Waals surface area (Å²) in [6.07, 6.45) is 0. The highest BCUT2D eigenvalue weighted by Crippen LogP contribution is 2.33. The van der Waals surface area contributed by atoms with Crippen LogP contribution < -0.4 is 10.4 Å². The van der Waals surface area contributed by atoms with Crippen molar-refractivity contribution in [2.45, 2.75) is 0 Å². The Balaban J connectivity index is 0.000000153. The number of nitriles is 4. The summed E-state index contributed by atoms with van der Waals surface area (Å²) < 4.78 is 0. The predicted molar refractivity (Wildman–Crippen MR) is 125 cm³/mol. The Morgan fingerprint density at radius 1 is 0.406 bits per heavy atom. The average molecular weight is 406 g/mol. The van der Waals surface area contributed by atoms with E-state index in [-0.39, 0.29) is 11.1 Å². The first kappa shape index (κ1) is 20.1. The van der Waals surface area contributed by atoms with Crippen LogP contribution in [0.2, 0.25) is 0 Å². The second-order valence-corrected chi connectivity index (χ2v) is 7.06. The van der Waals surface area contributed by atoms with Crippen molar-refractivity contribution in [2.75, 3.05) is 0 Å². The molecular weight excluding hydrogens is 392 g/mol. The molecule has 4 nitrogen and oxygen atoms in total. The highest BCUT2D eigenvalue weighted by Gasteiger charge is 2.06. The molecule has 5 aromatic carbocycles. The van der Waals surface area contributed by atoms with Crippen molar-refractivity contribution < 1.29 is 0 Å². The van der Waals surface area contributed by atoms with Gasteiger partial charge < -0.3 is 0 Å². The third-order valence-corrected chi connectivity index (χ3v) is 5.30. The third kappa shape index (κ3) is 3.58. The van der Waals surface area contributed by atoms with Gasteiger partial charge in [0.05, 0.1) is 0 Å². The molecule has 0 aliphatic rings. The molecule has 4 heteroatoms. The second kappa shape index (κ2) is 8.69. The van der Waals surface area contributed by atoms with E-state index in [2.05, 4.69) is 60.7 Å². The van der Waals surface area contributed by atoms with Gasteiger partial charge in [0.2, 0.25) is 0 Å². The van der Waals surface area contributed by atoms with E-state index in [1.165, 1.54) is 56.6 Å². The van der Waals surface area contributed by atoms with Gasteiger partial charge in [0.25, 0.3) is 0 Å². The molecule has 0 aliphatic heterocycles. The largest absolute Gasteiger partial charge is 0.192 e. The van der Waals surface area contributed by atoms with Crippen LogP contribution in [0, 0.1) is 45.3 Å². The fourth-order valence-electron chi connectivity index (χ4n) is 3.78. The van der Waals surface area contributed by atoms with Crippen LogP contribution in [0.15, 0.2) is 84.9 Å². The van der Waals surface area contributed by atoms with Crippen molar-refractivity contribution in [3.63, 3.8) is 0 Å². The minimum Gasteiger partial charge on any atom is -0.192 e. The molecule has 0 bridgehead atoms. The smallest absolute Gasteiger partial charge is 0.136 e. The van der Waals surface area contributed by atoms with Crippen LogP contribution in [0.3, 0.4) is 0 Å². The quantitative estimate of drug-likeness (QED) is 0.349. The second-order valence-electron chi connectivity index (χ2n) is 7.06. The molecule has 0 unspecified atom stereocenters. The monoisotopic (exact) mass is 406 g/mol. The van der Waals surface area contributed by atoms with Gasteiger partial charge in [0.1, 0.15) is 35.4 Å². The molecule has 0 aliphatic carbocycles. The van der Waals surface area contributed by atoms with E-state index in [9.17, 15) is 0 Å². The van der Waals surface area contributed by atoms with Crippen LogP contribution in [0.4, 0.5) is 0 Å². The summed E-state index contributed by atoms with van der Waals surface area (Å²) >= 11 is 0. The molecule has 0 saturated carbocycles. The first-order chi connectivity index (χ1) is 15.7. The zero-order valence-corrected chi connectivity index (χ0v) is 16.9. The summed E-state index contributed by atoms with van der Waals surface area (Å²) in [6.45, 7) is 0. The van der Waals surface area contributed by atoms with Crippen molar-refractivity contribution in [3.8, 4) is 24.3 Å². The van der Waals surface area contributed by atoms with Crippen LogP contribution in [-0.2, 0) is 0 Å². The van der Waals surface area contributed by atoms with Gasteiger partial charge in [-0.25, -0.2) is 0 Å². The Kier molecular flexibility index (Phi) is 5.46. The topological polar surface area (TPSA) is 95.2 Å². The molecule has 0 radical (unpaired) electrons. The lowest BCUT2D eigenvalue weighted by molar-refractivity contribution is 1.46. The highest BCUT2D eigenvalue weighted by atomic mass is 14.3. The van der Waals surface area contributed by atoms with Gasteiger partial charge in [0, 0.05) is 10.4 Å². The Morgan fingerprint density at radius 2 is 0.688 bits per heavy atom. The summed E-state index contributed by atoms with van der Waals surface area (Å²) in [6, 6.07) is 35.0. The van der Waals surface area contributed by atoms with Gasteiger partial charge in [-0.15, -0.1) is 0 Å². The molecule has 0 heterocycles. The molecule has 0 N–H and O–H groups in total. The molecule has 0 amide bonds. The van der Waals surface area contributed by atoms with Crippen molar-refractivity contribution in [1.29, 1.82) is 21.0 Å². The lowest BCUT2D eigenvalue weighted by Gasteiger charge is -2.09.